The fourth-order valence-electron chi connectivity index (χ4n) is 4.01. The van der Waals surface area contributed by atoms with Gasteiger partial charge in [-0.15, -0.1) is 0 Å². The van der Waals surface area contributed by atoms with Crippen LogP contribution in [0.2, 0.25) is 0 Å². The summed E-state index contributed by atoms with van der Waals surface area (Å²) in [6.07, 6.45) is 5.40. The predicted octanol–water partition coefficient (Wildman–Crippen LogP) is 1.92. The van der Waals surface area contributed by atoms with Crippen molar-refractivity contribution in [2.75, 3.05) is 38.1 Å². The Hall–Kier alpha value is -1.89. The van der Waals surface area contributed by atoms with Crippen LogP contribution in [0.1, 0.15) is 57.7 Å². The number of nitrogens with zero attached hydrogens (tertiary/aromatic N) is 3. The van der Waals surface area contributed by atoms with Crippen molar-refractivity contribution in [1.29, 1.82) is 0 Å². The second-order valence-electron chi connectivity index (χ2n) is 8.35. The Balaban J connectivity index is 1.78. The minimum absolute atomic E-state index is 0.0964. The summed E-state index contributed by atoms with van der Waals surface area (Å²) in [5.41, 5.74) is 0.498. The van der Waals surface area contributed by atoms with E-state index in [1.54, 1.807) is 0 Å². The van der Waals surface area contributed by atoms with E-state index in [1.807, 2.05) is 0 Å². The Kier molecular flexibility index (Phi) is 6.52. The molecule has 0 spiro atoms. The first kappa shape index (κ1) is 19.9. The summed E-state index contributed by atoms with van der Waals surface area (Å²) in [6, 6.07) is 1.29. The van der Waals surface area contributed by atoms with Gasteiger partial charge in [-0.05, 0) is 25.8 Å². The Morgan fingerprint density at radius 1 is 1.19 bits per heavy atom. The highest BCUT2D eigenvalue weighted by Crippen LogP contribution is 2.26. The van der Waals surface area contributed by atoms with E-state index in [9.17, 15) is 9.59 Å². The van der Waals surface area contributed by atoms with Crippen LogP contribution in [-0.2, 0) is 4.79 Å². The van der Waals surface area contributed by atoms with Crippen molar-refractivity contribution in [2.45, 2.75) is 52.0 Å². The van der Waals surface area contributed by atoms with Gasteiger partial charge >= 0.3 is 0 Å². The summed E-state index contributed by atoms with van der Waals surface area (Å²) >= 11 is 0. The van der Waals surface area contributed by atoms with Crippen LogP contribution in [0.25, 0.3) is 0 Å². The number of rotatable bonds is 5. The summed E-state index contributed by atoms with van der Waals surface area (Å²) in [5.74, 6) is 0.978. The van der Waals surface area contributed by atoms with E-state index in [1.165, 1.54) is 12.5 Å². The molecule has 1 amide bonds. The zero-order chi connectivity index (χ0) is 19.4. The third-order valence-electron chi connectivity index (χ3n) is 5.81. The molecule has 0 aromatic carbocycles. The van der Waals surface area contributed by atoms with Crippen LogP contribution in [0, 0.1) is 11.8 Å². The number of anilines is 1. The smallest absolute Gasteiger partial charge is 0.252 e. The molecule has 7 nitrogen and oxygen atoms in total. The predicted molar refractivity (Wildman–Crippen MR) is 107 cm³/mol. The lowest BCUT2D eigenvalue weighted by atomic mass is 9.88. The summed E-state index contributed by atoms with van der Waals surface area (Å²) in [6.45, 7) is 7.68. The molecule has 7 heteroatoms. The molecule has 1 unspecified atom stereocenters. The number of amides is 1. The van der Waals surface area contributed by atoms with Crippen molar-refractivity contribution < 1.29 is 4.79 Å². The Morgan fingerprint density at radius 2 is 1.85 bits per heavy atom. The zero-order valence-corrected chi connectivity index (χ0v) is 16.8. The Morgan fingerprint density at radius 3 is 2.48 bits per heavy atom. The first-order valence-electron chi connectivity index (χ1n) is 10.3. The van der Waals surface area contributed by atoms with E-state index in [4.69, 9.17) is 4.98 Å². The van der Waals surface area contributed by atoms with Gasteiger partial charge in [-0.3, -0.25) is 14.6 Å². The highest BCUT2D eigenvalue weighted by Gasteiger charge is 2.27. The van der Waals surface area contributed by atoms with Crippen molar-refractivity contribution in [3.05, 3.63) is 22.1 Å². The first-order chi connectivity index (χ1) is 12.9. The van der Waals surface area contributed by atoms with Crippen LogP contribution in [-0.4, -0.2) is 54.0 Å². The Labute approximate surface area is 161 Å². The maximum Gasteiger partial charge on any atom is 0.252 e. The highest BCUT2D eigenvalue weighted by molar-refractivity contribution is 5.79. The third-order valence-corrected chi connectivity index (χ3v) is 5.81. The van der Waals surface area contributed by atoms with Gasteiger partial charge in [0.05, 0.1) is 11.7 Å². The molecule has 1 saturated heterocycles. The topological polar surface area (TPSA) is 81.3 Å². The number of carbonyl (C=O) groups is 1. The largest absolute Gasteiger partial charge is 0.347 e. The molecule has 0 bridgehead atoms. The summed E-state index contributed by atoms with van der Waals surface area (Å²) in [5, 5.41) is 3.19. The quantitative estimate of drug-likeness (QED) is 0.822. The molecule has 2 aliphatic rings. The number of carbonyl (C=O) groups excluding carboxylic acids is 1. The van der Waals surface area contributed by atoms with Gasteiger partial charge in [0.1, 0.15) is 0 Å². The number of H-pyrrole nitrogens is 1. The van der Waals surface area contributed by atoms with Gasteiger partial charge in [0, 0.05) is 38.2 Å². The van der Waals surface area contributed by atoms with Gasteiger partial charge in [-0.2, -0.15) is 0 Å². The maximum absolute atomic E-state index is 12.8. The summed E-state index contributed by atoms with van der Waals surface area (Å²) in [4.78, 5) is 37.0. The lowest BCUT2D eigenvalue weighted by molar-refractivity contribution is -0.127. The van der Waals surface area contributed by atoms with E-state index in [-0.39, 0.29) is 29.3 Å². The molecular weight excluding hydrogens is 342 g/mol. The van der Waals surface area contributed by atoms with Gasteiger partial charge in [0.2, 0.25) is 11.9 Å². The number of nitrogens with one attached hydrogen (secondary N) is 2. The molecule has 2 fully saturated rings. The van der Waals surface area contributed by atoms with E-state index < -0.39 is 0 Å². The van der Waals surface area contributed by atoms with E-state index in [0.717, 1.165) is 51.9 Å². The molecular formula is C20H33N5O2. The average Bonchev–Trinajstić information content (AvgIpc) is 2.66. The van der Waals surface area contributed by atoms with Crippen LogP contribution in [0.4, 0.5) is 5.95 Å². The van der Waals surface area contributed by atoms with Gasteiger partial charge in [0.25, 0.3) is 5.56 Å². The lowest BCUT2D eigenvalue weighted by Gasteiger charge is -2.33. The maximum atomic E-state index is 12.8. The van der Waals surface area contributed by atoms with Crippen molar-refractivity contribution in [3.8, 4) is 0 Å². The number of piperazine rings is 1. The fourth-order valence-corrected chi connectivity index (χ4v) is 4.01. The molecule has 27 heavy (non-hydrogen) atoms. The van der Waals surface area contributed by atoms with Crippen LogP contribution in [0.3, 0.4) is 0 Å². The van der Waals surface area contributed by atoms with Gasteiger partial charge in [-0.1, -0.05) is 33.1 Å². The van der Waals surface area contributed by atoms with Crippen LogP contribution < -0.4 is 15.8 Å². The zero-order valence-electron chi connectivity index (χ0n) is 16.8. The third kappa shape index (κ3) is 5.09. The molecule has 1 atom stereocenters. The molecule has 1 aromatic heterocycles. The summed E-state index contributed by atoms with van der Waals surface area (Å²) in [7, 11) is 2.10. The standard InChI is InChI=1S/C20H33N5O2/c1-14(2)18(23-19(27)15-7-5-4-6-8-15)16-13-17(26)22-20(21-16)25-11-9-24(3)10-12-25/h13-15,18H,4-12H2,1-3H3,(H,23,27)(H,21,22,26). The molecule has 0 radical (unpaired) electrons. The molecule has 3 rings (SSSR count). The van der Waals surface area contributed by atoms with Crippen LogP contribution in [0.15, 0.2) is 10.9 Å². The Bertz CT molecular complexity index is 688. The lowest BCUT2D eigenvalue weighted by Crippen LogP contribution is -2.46. The van der Waals surface area contributed by atoms with Crippen molar-refractivity contribution in [1.82, 2.24) is 20.2 Å². The molecule has 2 heterocycles. The van der Waals surface area contributed by atoms with Crippen molar-refractivity contribution in [2.24, 2.45) is 11.8 Å². The molecule has 2 N–H and O–H groups in total. The van der Waals surface area contributed by atoms with Crippen molar-refractivity contribution >= 4 is 11.9 Å². The fraction of sp³-hybridized carbons (Fsp3) is 0.750. The minimum atomic E-state index is -0.243. The van der Waals surface area contributed by atoms with E-state index in [0.29, 0.717) is 11.6 Å². The number of hydrogen-bond donors (Lipinski definition) is 2. The van der Waals surface area contributed by atoms with Crippen LogP contribution >= 0.6 is 0 Å². The second-order valence-corrected chi connectivity index (χ2v) is 8.35. The second kappa shape index (κ2) is 8.87. The average molecular weight is 376 g/mol. The normalized spacial score (nSPS) is 20.7. The minimum Gasteiger partial charge on any atom is -0.347 e. The monoisotopic (exact) mass is 375 g/mol. The molecule has 1 aromatic rings. The van der Waals surface area contributed by atoms with Gasteiger partial charge in [0.15, 0.2) is 0 Å². The first-order valence-corrected chi connectivity index (χ1v) is 10.3. The highest BCUT2D eigenvalue weighted by atomic mass is 16.2. The van der Waals surface area contributed by atoms with E-state index in [2.05, 4.69) is 41.0 Å². The van der Waals surface area contributed by atoms with Crippen molar-refractivity contribution in [3.63, 3.8) is 0 Å². The summed E-state index contributed by atoms with van der Waals surface area (Å²) < 4.78 is 0. The molecule has 150 valence electrons. The van der Waals surface area contributed by atoms with Gasteiger partial charge in [-0.25, -0.2) is 4.98 Å². The molecule has 1 aliphatic heterocycles. The number of likely N-dealkylation sites (N-methyl/N-ethyl adjacent to an activating group) is 1. The number of aromatic amines is 1. The van der Waals surface area contributed by atoms with Crippen LogP contribution in [0.5, 0.6) is 0 Å². The van der Waals surface area contributed by atoms with E-state index >= 15 is 0 Å². The molecule has 1 aliphatic carbocycles. The molecule has 1 saturated carbocycles. The number of aromatic nitrogens is 2. The van der Waals surface area contributed by atoms with Gasteiger partial charge < -0.3 is 15.1 Å². The number of hydrogen-bond acceptors (Lipinski definition) is 5. The SMILES string of the molecule is CC(C)C(NC(=O)C1CCCCC1)c1cc(=O)[nH]c(N2CCN(C)CC2)n1.